The summed E-state index contributed by atoms with van der Waals surface area (Å²) in [5.74, 6) is 1.53. The summed E-state index contributed by atoms with van der Waals surface area (Å²) in [6, 6.07) is 13.1. The molecule has 2 aromatic carbocycles. The number of fused-ring (bicyclic) bond motifs is 2. The summed E-state index contributed by atoms with van der Waals surface area (Å²) in [5.41, 5.74) is 6.46. The molecule has 0 saturated carbocycles. The molecular weight excluding hydrogens is 330 g/mol. The van der Waals surface area contributed by atoms with Gasteiger partial charge >= 0.3 is 0 Å². The maximum Gasteiger partial charge on any atom is 0.119 e. The molecule has 2 atom stereocenters. The SMILES string of the molecule is COc1ccc2c(c1)C(c1ccc3c(c1)CN(SN)CC3)C(C)C=N2. The predicted molar refractivity (Wildman–Crippen MR) is 104 cm³/mol. The Hall–Kier alpha value is -1.82. The fourth-order valence-corrected chi connectivity index (χ4v) is 4.32. The molecule has 0 aliphatic carbocycles. The zero-order valence-corrected chi connectivity index (χ0v) is 15.4. The van der Waals surface area contributed by atoms with Crippen molar-refractivity contribution < 1.29 is 4.74 Å². The zero-order valence-electron chi connectivity index (χ0n) is 14.6. The van der Waals surface area contributed by atoms with Crippen LogP contribution in [0.2, 0.25) is 0 Å². The number of hydrogen-bond acceptors (Lipinski definition) is 5. The highest BCUT2D eigenvalue weighted by molar-refractivity contribution is 7.94. The van der Waals surface area contributed by atoms with Gasteiger partial charge in [-0.1, -0.05) is 25.1 Å². The number of aliphatic imine (C=N–C) groups is 1. The summed E-state index contributed by atoms with van der Waals surface area (Å²) in [7, 11) is 1.71. The summed E-state index contributed by atoms with van der Waals surface area (Å²) < 4.78 is 7.66. The van der Waals surface area contributed by atoms with Gasteiger partial charge in [0.25, 0.3) is 0 Å². The summed E-state index contributed by atoms with van der Waals surface area (Å²) in [4.78, 5) is 4.63. The first-order valence-electron chi connectivity index (χ1n) is 8.65. The van der Waals surface area contributed by atoms with Crippen molar-refractivity contribution in [1.29, 1.82) is 0 Å². The monoisotopic (exact) mass is 353 g/mol. The van der Waals surface area contributed by atoms with Gasteiger partial charge in [-0.3, -0.25) is 10.1 Å². The van der Waals surface area contributed by atoms with E-state index in [1.165, 1.54) is 34.4 Å². The maximum atomic E-state index is 5.77. The molecule has 2 aliphatic heterocycles. The van der Waals surface area contributed by atoms with Crippen molar-refractivity contribution in [2.45, 2.75) is 25.8 Å². The van der Waals surface area contributed by atoms with E-state index in [1.54, 1.807) is 7.11 Å². The Morgan fingerprint density at radius 1 is 1.20 bits per heavy atom. The van der Waals surface area contributed by atoms with Crippen LogP contribution in [0.15, 0.2) is 41.4 Å². The molecule has 0 fully saturated rings. The minimum Gasteiger partial charge on any atom is -0.497 e. The second kappa shape index (κ2) is 6.83. The minimum atomic E-state index is 0.300. The van der Waals surface area contributed by atoms with Crippen LogP contribution in [0.5, 0.6) is 5.75 Å². The lowest BCUT2D eigenvalue weighted by Gasteiger charge is -2.30. The minimum absolute atomic E-state index is 0.300. The molecule has 0 aromatic heterocycles. The third-order valence-electron chi connectivity index (χ3n) is 5.26. The molecule has 2 unspecified atom stereocenters. The number of nitrogens with zero attached hydrogens (tertiary/aromatic N) is 2. The van der Waals surface area contributed by atoms with Gasteiger partial charge in [0.05, 0.1) is 12.8 Å². The molecule has 4 rings (SSSR count). The highest BCUT2D eigenvalue weighted by Crippen LogP contribution is 2.42. The molecule has 0 bridgehead atoms. The molecular formula is C20H23N3OS. The van der Waals surface area contributed by atoms with Crippen molar-refractivity contribution in [2.75, 3.05) is 13.7 Å². The molecule has 2 aromatic rings. The molecule has 0 radical (unpaired) electrons. The molecule has 2 N–H and O–H groups in total. The molecule has 5 heteroatoms. The van der Waals surface area contributed by atoms with Gasteiger partial charge in [0, 0.05) is 43.3 Å². The molecule has 0 saturated heterocycles. The van der Waals surface area contributed by atoms with Crippen LogP contribution in [0, 0.1) is 5.92 Å². The molecule has 130 valence electrons. The van der Waals surface area contributed by atoms with Gasteiger partial charge in [-0.25, -0.2) is 4.31 Å². The standard InChI is InChI=1S/C20H23N3OS/c1-13-11-22-19-6-5-17(24-2)10-18(19)20(13)15-4-3-14-7-8-23(25-21)12-16(14)9-15/h3-6,9-11,13,20H,7-8,12,21H2,1-2H3. The van der Waals surface area contributed by atoms with Gasteiger partial charge in [0.1, 0.15) is 5.75 Å². The molecule has 2 aliphatic rings. The summed E-state index contributed by atoms with van der Waals surface area (Å²) >= 11 is 1.34. The van der Waals surface area contributed by atoms with E-state index in [4.69, 9.17) is 9.88 Å². The smallest absolute Gasteiger partial charge is 0.119 e. The van der Waals surface area contributed by atoms with Crippen LogP contribution in [0.4, 0.5) is 5.69 Å². The van der Waals surface area contributed by atoms with Crippen molar-refractivity contribution in [1.82, 2.24) is 4.31 Å². The fraction of sp³-hybridized carbons (Fsp3) is 0.350. The lowest BCUT2D eigenvalue weighted by molar-refractivity contribution is 0.413. The first kappa shape index (κ1) is 16.6. The second-order valence-electron chi connectivity index (χ2n) is 6.79. The first-order chi connectivity index (χ1) is 12.2. The molecule has 0 amide bonds. The Balaban J connectivity index is 1.76. The van der Waals surface area contributed by atoms with Crippen molar-refractivity contribution in [3.63, 3.8) is 0 Å². The number of methoxy groups -OCH3 is 1. The van der Waals surface area contributed by atoms with Crippen molar-refractivity contribution in [3.8, 4) is 5.75 Å². The quantitative estimate of drug-likeness (QED) is 0.846. The topological polar surface area (TPSA) is 50.9 Å². The van der Waals surface area contributed by atoms with E-state index in [9.17, 15) is 0 Å². The van der Waals surface area contributed by atoms with E-state index in [2.05, 4.69) is 52.8 Å². The van der Waals surface area contributed by atoms with E-state index < -0.39 is 0 Å². The number of rotatable bonds is 3. The van der Waals surface area contributed by atoms with Crippen LogP contribution in [0.1, 0.15) is 35.1 Å². The summed E-state index contributed by atoms with van der Waals surface area (Å²) in [6.45, 7) is 4.16. The van der Waals surface area contributed by atoms with Crippen LogP contribution >= 0.6 is 12.1 Å². The largest absolute Gasteiger partial charge is 0.497 e. The number of nitrogens with two attached hydrogens (primary N) is 1. The Labute approximate surface area is 153 Å². The average Bonchev–Trinajstić information content (AvgIpc) is 2.66. The van der Waals surface area contributed by atoms with Crippen LogP contribution in [0.25, 0.3) is 0 Å². The van der Waals surface area contributed by atoms with Gasteiger partial charge in [-0.2, -0.15) is 0 Å². The highest BCUT2D eigenvalue weighted by atomic mass is 32.2. The molecule has 0 spiro atoms. The maximum absolute atomic E-state index is 5.77. The van der Waals surface area contributed by atoms with Crippen LogP contribution in [-0.4, -0.2) is 24.2 Å². The zero-order chi connectivity index (χ0) is 17.4. The lowest BCUT2D eigenvalue weighted by atomic mass is 9.78. The number of ether oxygens (including phenoxy) is 1. The number of benzene rings is 2. The van der Waals surface area contributed by atoms with E-state index in [0.717, 1.165) is 30.9 Å². The normalized spacial score (nSPS) is 22.4. The highest BCUT2D eigenvalue weighted by Gasteiger charge is 2.28. The van der Waals surface area contributed by atoms with Crippen LogP contribution < -0.4 is 9.88 Å². The van der Waals surface area contributed by atoms with Gasteiger partial charge in [0.2, 0.25) is 0 Å². The second-order valence-corrected chi connectivity index (χ2v) is 7.51. The Morgan fingerprint density at radius 2 is 2.08 bits per heavy atom. The van der Waals surface area contributed by atoms with Crippen LogP contribution in [-0.2, 0) is 13.0 Å². The van der Waals surface area contributed by atoms with E-state index in [-0.39, 0.29) is 0 Å². The van der Waals surface area contributed by atoms with Gasteiger partial charge in [0.15, 0.2) is 0 Å². The molecule has 4 nitrogen and oxygen atoms in total. The molecule has 25 heavy (non-hydrogen) atoms. The van der Waals surface area contributed by atoms with Crippen molar-refractivity contribution in [2.24, 2.45) is 16.0 Å². The van der Waals surface area contributed by atoms with Crippen LogP contribution in [0.3, 0.4) is 0 Å². The van der Waals surface area contributed by atoms with Crippen molar-refractivity contribution in [3.05, 3.63) is 58.7 Å². The van der Waals surface area contributed by atoms with Gasteiger partial charge in [-0.05, 0) is 46.9 Å². The van der Waals surface area contributed by atoms with Gasteiger partial charge < -0.3 is 4.74 Å². The Morgan fingerprint density at radius 3 is 2.88 bits per heavy atom. The third-order valence-corrected chi connectivity index (χ3v) is 5.87. The summed E-state index contributed by atoms with van der Waals surface area (Å²) in [6.07, 6.45) is 3.13. The summed E-state index contributed by atoms with van der Waals surface area (Å²) in [5, 5.41) is 5.77. The Bertz CT molecular complexity index is 821. The Kier molecular flexibility index (Phi) is 4.54. The number of hydrogen-bond donors (Lipinski definition) is 1. The lowest BCUT2D eigenvalue weighted by Crippen LogP contribution is -2.26. The third kappa shape index (κ3) is 3.08. The predicted octanol–water partition coefficient (Wildman–Crippen LogP) is 4.06. The average molecular weight is 353 g/mol. The fourth-order valence-electron chi connectivity index (χ4n) is 3.91. The van der Waals surface area contributed by atoms with E-state index in [0.29, 0.717) is 11.8 Å². The molecule has 2 heterocycles. The van der Waals surface area contributed by atoms with Gasteiger partial charge in [-0.15, -0.1) is 0 Å². The van der Waals surface area contributed by atoms with E-state index in [1.807, 2.05) is 6.07 Å². The first-order valence-corrected chi connectivity index (χ1v) is 9.49. The van der Waals surface area contributed by atoms with Crippen molar-refractivity contribution >= 4 is 24.0 Å². The van der Waals surface area contributed by atoms with E-state index >= 15 is 0 Å².